The minimum absolute atomic E-state index is 0.0944. The van der Waals surface area contributed by atoms with Crippen molar-refractivity contribution in [2.24, 2.45) is 5.92 Å². The Labute approximate surface area is 143 Å². The van der Waals surface area contributed by atoms with Crippen LogP contribution in [0.1, 0.15) is 38.2 Å². The van der Waals surface area contributed by atoms with Gasteiger partial charge in [-0.3, -0.25) is 15.1 Å². The molecule has 3 fully saturated rings. The van der Waals surface area contributed by atoms with Crippen molar-refractivity contribution in [1.82, 2.24) is 15.2 Å². The first-order chi connectivity index (χ1) is 11.6. The van der Waals surface area contributed by atoms with Gasteiger partial charge in [0.25, 0.3) is 0 Å². The number of Topliss-reactive ketones (excluding diaryl/α,β-unsaturated/α-hetero) is 1. The lowest BCUT2D eigenvalue weighted by Crippen LogP contribution is -2.57. The number of carbonyl (C=O) groups excluding carboxylic acids is 1. The van der Waals surface area contributed by atoms with Crippen molar-refractivity contribution in [2.75, 3.05) is 26.2 Å². The Balaban J connectivity index is 1.34. The van der Waals surface area contributed by atoms with E-state index in [1.807, 2.05) is 18.5 Å². The standard InChI is InChI=1S/C19H27N3O2/c1-2-16-12-18(24-19(14-21-19)17(16)23)6-10-22(11-7-18)9-5-15-4-3-8-20-13-15/h3-4,8,13,16,21H,2,5-7,9-12,14H2,1H3. The molecule has 0 amide bonds. The monoisotopic (exact) mass is 329 g/mol. The third kappa shape index (κ3) is 3.01. The molecule has 3 aliphatic heterocycles. The highest BCUT2D eigenvalue weighted by Gasteiger charge is 2.61. The van der Waals surface area contributed by atoms with Crippen LogP contribution in [0.3, 0.4) is 0 Å². The van der Waals surface area contributed by atoms with Gasteiger partial charge in [0.2, 0.25) is 0 Å². The van der Waals surface area contributed by atoms with Crippen LogP contribution in [0.25, 0.3) is 0 Å². The fourth-order valence-electron chi connectivity index (χ4n) is 4.31. The van der Waals surface area contributed by atoms with E-state index in [1.54, 1.807) is 0 Å². The van der Waals surface area contributed by atoms with E-state index in [1.165, 1.54) is 5.56 Å². The maximum Gasteiger partial charge on any atom is 0.192 e. The molecule has 5 nitrogen and oxygen atoms in total. The molecular weight excluding hydrogens is 302 g/mol. The summed E-state index contributed by atoms with van der Waals surface area (Å²) in [6.07, 6.45) is 8.72. The quantitative estimate of drug-likeness (QED) is 0.853. The molecule has 130 valence electrons. The number of piperidine rings is 1. The van der Waals surface area contributed by atoms with Gasteiger partial charge in [-0.2, -0.15) is 0 Å². The zero-order valence-corrected chi connectivity index (χ0v) is 14.5. The van der Waals surface area contributed by atoms with Crippen LogP contribution >= 0.6 is 0 Å². The van der Waals surface area contributed by atoms with E-state index < -0.39 is 5.72 Å². The number of hydrogen-bond acceptors (Lipinski definition) is 5. The number of aromatic nitrogens is 1. The van der Waals surface area contributed by atoms with E-state index >= 15 is 0 Å². The summed E-state index contributed by atoms with van der Waals surface area (Å²) in [6, 6.07) is 4.14. The molecule has 0 radical (unpaired) electrons. The summed E-state index contributed by atoms with van der Waals surface area (Å²) in [5.41, 5.74) is 0.573. The molecular formula is C19H27N3O2. The fraction of sp³-hybridized carbons (Fsp3) is 0.684. The molecule has 2 unspecified atom stereocenters. The fourth-order valence-corrected chi connectivity index (χ4v) is 4.31. The minimum atomic E-state index is -0.628. The van der Waals surface area contributed by atoms with Gasteiger partial charge in [0.05, 0.1) is 5.60 Å². The van der Waals surface area contributed by atoms with Gasteiger partial charge in [-0.1, -0.05) is 13.0 Å². The molecule has 0 bridgehead atoms. The first-order valence-electron chi connectivity index (χ1n) is 9.26. The molecule has 3 saturated heterocycles. The van der Waals surface area contributed by atoms with Crippen LogP contribution in [0, 0.1) is 5.92 Å². The molecule has 4 heterocycles. The maximum atomic E-state index is 12.5. The van der Waals surface area contributed by atoms with Gasteiger partial charge >= 0.3 is 0 Å². The third-order valence-electron chi connectivity index (χ3n) is 5.98. The minimum Gasteiger partial charge on any atom is -0.345 e. The Kier molecular flexibility index (Phi) is 4.19. The number of ketones is 1. The smallest absolute Gasteiger partial charge is 0.192 e. The summed E-state index contributed by atoms with van der Waals surface area (Å²) in [4.78, 5) is 19.2. The Morgan fingerprint density at radius 1 is 1.42 bits per heavy atom. The number of hydrogen-bond donors (Lipinski definition) is 1. The Morgan fingerprint density at radius 3 is 2.83 bits per heavy atom. The Hall–Kier alpha value is -1.30. The van der Waals surface area contributed by atoms with Crippen molar-refractivity contribution in [3.8, 4) is 0 Å². The highest BCUT2D eigenvalue weighted by Crippen LogP contribution is 2.45. The molecule has 2 atom stereocenters. The molecule has 3 aliphatic rings. The van der Waals surface area contributed by atoms with Crippen LogP contribution in [-0.4, -0.2) is 53.2 Å². The van der Waals surface area contributed by atoms with E-state index in [-0.39, 0.29) is 17.3 Å². The van der Waals surface area contributed by atoms with E-state index in [4.69, 9.17) is 4.74 Å². The van der Waals surface area contributed by atoms with Gasteiger partial charge in [0.1, 0.15) is 0 Å². The Bertz CT molecular complexity index is 592. The number of likely N-dealkylation sites (tertiary alicyclic amines) is 1. The molecule has 1 aromatic heterocycles. The number of carbonyl (C=O) groups is 1. The molecule has 5 heteroatoms. The average Bonchev–Trinajstić information content (AvgIpc) is 3.39. The van der Waals surface area contributed by atoms with Gasteiger partial charge < -0.3 is 9.64 Å². The zero-order valence-electron chi connectivity index (χ0n) is 14.5. The molecule has 0 aliphatic carbocycles. The molecule has 1 N–H and O–H groups in total. The average molecular weight is 329 g/mol. The largest absolute Gasteiger partial charge is 0.345 e. The predicted octanol–water partition coefficient (Wildman–Crippen LogP) is 1.77. The van der Waals surface area contributed by atoms with Gasteiger partial charge in [-0.25, -0.2) is 0 Å². The molecule has 1 aromatic rings. The van der Waals surface area contributed by atoms with Crippen molar-refractivity contribution >= 4 is 5.78 Å². The molecule has 0 aromatic carbocycles. The van der Waals surface area contributed by atoms with Gasteiger partial charge in [0, 0.05) is 44.5 Å². The van der Waals surface area contributed by atoms with E-state index in [2.05, 4.69) is 28.2 Å². The van der Waals surface area contributed by atoms with Gasteiger partial charge in [-0.15, -0.1) is 0 Å². The zero-order chi connectivity index (χ0) is 16.6. The van der Waals surface area contributed by atoms with Crippen LogP contribution in [0.15, 0.2) is 24.5 Å². The maximum absolute atomic E-state index is 12.5. The van der Waals surface area contributed by atoms with Gasteiger partial charge in [-0.05, 0) is 43.7 Å². The van der Waals surface area contributed by atoms with E-state index in [9.17, 15) is 4.79 Å². The summed E-state index contributed by atoms with van der Waals surface area (Å²) in [5.74, 6) is 0.449. The summed E-state index contributed by atoms with van der Waals surface area (Å²) in [6.45, 7) is 6.01. The highest BCUT2D eigenvalue weighted by molar-refractivity contribution is 5.92. The lowest BCUT2D eigenvalue weighted by atomic mass is 9.76. The van der Waals surface area contributed by atoms with Crippen molar-refractivity contribution in [2.45, 2.75) is 50.4 Å². The van der Waals surface area contributed by atoms with Crippen molar-refractivity contribution < 1.29 is 9.53 Å². The first kappa shape index (κ1) is 16.2. The first-order valence-corrected chi connectivity index (χ1v) is 9.26. The highest BCUT2D eigenvalue weighted by atomic mass is 16.6. The molecule has 24 heavy (non-hydrogen) atoms. The van der Waals surface area contributed by atoms with Gasteiger partial charge in [0.15, 0.2) is 11.5 Å². The molecule has 0 saturated carbocycles. The second-order valence-corrected chi connectivity index (χ2v) is 7.59. The van der Waals surface area contributed by atoms with Crippen LogP contribution in [0.4, 0.5) is 0 Å². The van der Waals surface area contributed by atoms with E-state index in [0.717, 1.165) is 51.7 Å². The van der Waals surface area contributed by atoms with Crippen molar-refractivity contribution in [1.29, 1.82) is 0 Å². The van der Waals surface area contributed by atoms with Crippen molar-refractivity contribution in [3.63, 3.8) is 0 Å². The number of nitrogens with one attached hydrogen (secondary N) is 1. The second-order valence-electron chi connectivity index (χ2n) is 7.59. The summed E-state index contributed by atoms with van der Waals surface area (Å²) in [7, 11) is 0. The van der Waals surface area contributed by atoms with E-state index in [0.29, 0.717) is 6.54 Å². The predicted molar refractivity (Wildman–Crippen MR) is 91.6 cm³/mol. The number of ether oxygens (including phenoxy) is 1. The van der Waals surface area contributed by atoms with Crippen LogP contribution in [0.2, 0.25) is 0 Å². The normalized spacial score (nSPS) is 32.4. The Morgan fingerprint density at radius 2 is 2.21 bits per heavy atom. The molecule has 4 rings (SSSR count). The van der Waals surface area contributed by atoms with Crippen LogP contribution in [0.5, 0.6) is 0 Å². The van der Waals surface area contributed by atoms with Crippen LogP contribution in [-0.2, 0) is 16.0 Å². The van der Waals surface area contributed by atoms with Crippen LogP contribution < -0.4 is 5.32 Å². The lowest BCUT2D eigenvalue weighted by Gasteiger charge is -2.48. The SMILES string of the molecule is CCC1CC2(CCN(CCc3cccnc3)CC2)OC2(CN2)C1=O. The summed E-state index contributed by atoms with van der Waals surface area (Å²) in [5, 5.41) is 3.20. The summed E-state index contributed by atoms with van der Waals surface area (Å²) >= 11 is 0. The number of nitrogens with zero attached hydrogens (tertiary/aromatic N) is 2. The number of pyridine rings is 1. The second kappa shape index (κ2) is 6.21. The van der Waals surface area contributed by atoms with Crippen molar-refractivity contribution in [3.05, 3.63) is 30.1 Å². The topological polar surface area (TPSA) is 64.4 Å². The lowest BCUT2D eigenvalue weighted by molar-refractivity contribution is -0.190. The number of rotatable bonds is 4. The summed E-state index contributed by atoms with van der Waals surface area (Å²) < 4.78 is 6.37. The molecule has 2 spiro atoms. The third-order valence-corrected chi connectivity index (χ3v) is 5.98.